The van der Waals surface area contributed by atoms with Crippen LogP contribution in [0.15, 0.2) is 94.9 Å². The van der Waals surface area contributed by atoms with Gasteiger partial charge in [-0.1, -0.05) is 48.5 Å². The number of urea groups is 1. The van der Waals surface area contributed by atoms with Gasteiger partial charge in [0.2, 0.25) is 9.60 Å². The lowest BCUT2D eigenvalue weighted by atomic mass is 10.2. The molecule has 3 N–H and O–H groups in total. The summed E-state index contributed by atoms with van der Waals surface area (Å²) in [5, 5.41) is 22.0. The number of amides is 2. The molecule has 0 aliphatic rings. The molecular formula is C22H19N5O3S2. The topological polar surface area (TPSA) is 106 Å². The second kappa shape index (κ2) is 10.3. The zero-order chi connectivity index (χ0) is 22.3. The first-order valence-corrected chi connectivity index (χ1v) is 11.8. The van der Waals surface area contributed by atoms with Crippen molar-refractivity contribution in [1.29, 1.82) is 0 Å². The Kier molecular flexibility index (Phi) is 7.00. The number of carbonyl (C=O) groups is 1. The molecule has 0 bridgehead atoms. The summed E-state index contributed by atoms with van der Waals surface area (Å²) in [6, 6.07) is 25.0. The zero-order valence-corrected chi connectivity index (χ0v) is 18.3. The van der Waals surface area contributed by atoms with Gasteiger partial charge in [-0.2, -0.15) is 10.2 Å². The first-order valence-electron chi connectivity index (χ1n) is 9.62. The normalized spacial score (nSPS) is 13.2. The molecule has 1 aromatic heterocycles. The molecule has 1 atom stereocenters. The Morgan fingerprint density at radius 1 is 0.938 bits per heavy atom. The van der Waals surface area contributed by atoms with Crippen molar-refractivity contribution in [1.82, 2.24) is 9.88 Å². The molecule has 10 heteroatoms. The van der Waals surface area contributed by atoms with Crippen LogP contribution in [-0.2, 0) is 6.54 Å². The summed E-state index contributed by atoms with van der Waals surface area (Å²) in [5.74, 6) is 0. The molecule has 4 rings (SSSR count). The van der Waals surface area contributed by atoms with E-state index in [2.05, 4.69) is 15.3 Å². The molecular weight excluding hydrogens is 446 g/mol. The van der Waals surface area contributed by atoms with Gasteiger partial charge in [0.25, 0.3) is 0 Å². The lowest BCUT2D eigenvalue weighted by molar-refractivity contribution is -0.991. The minimum atomic E-state index is -0.989. The largest absolute Gasteiger partial charge is 0.595 e. The van der Waals surface area contributed by atoms with Crippen LogP contribution in [0.3, 0.4) is 0 Å². The lowest BCUT2D eigenvalue weighted by Crippen LogP contribution is -2.99. The molecule has 0 aliphatic carbocycles. The van der Waals surface area contributed by atoms with Crippen LogP contribution in [-0.4, -0.2) is 15.8 Å². The Hall–Kier alpha value is -3.41. The van der Waals surface area contributed by atoms with Gasteiger partial charge < -0.3 is 10.5 Å². The number of hydrogen-bond donors (Lipinski definition) is 3. The Morgan fingerprint density at radius 3 is 2.22 bits per heavy atom. The van der Waals surface area contributed by atoms with Crippen molar-refractivity contribution in [2.45, 2.75) is 6.54 Å². The van der Waals surface area contributed by atoms with Crippen molar-refractivity contribution >= 4 is 38.1 Å². The second-order valence-corrected chi connectivity index (χ2v) is 8.69. The molecule has 0 aliphatic heterocycles. The number of carbonyl (C=O) groups excluding carboxylic acids is 1. The van der Waals surface area contributed by atoms with Gasteiger partial charge in [0.15, 0.2) is 5.69 Å². The summed E-state index contributed by atoms with van der Waals surface area (Å²) in [4.78, 5) is 22.5. The maximum atomic E-state index is 12.5. The molecule has 32 heavy (non-hydrogen) atoms. The van der Waals surface area contributed by atoms with Crippen LogP contribution in [0.5, 0.6) is 0 Å². The molecule has 1 unspecified atom stereocenters. The van der Waals surface area contributed by atoms with E-state index in [1.165, 1.54) is 32.8 Å². The Morgan fingerprint density at radius 2 is 1.56 bits per heavy atom. The summed E-state index contributed by atoms with van der Waals surface area (Å²) in [6.07, 6.45) is 0. The lowest BCUT2D eigenvalue weighted by Gasteiger charge is -2.10. The van der Waals surface area contributed by atoms with Crippen molar-refractivity contribution in [2.24, 2.45) is 9.98 Å². The van der Waals surface area contributed by atoms with Crippen molar-refractivity contribution in [3.8, 4) is 5.69 Å². The Balaban J connectivity index is 1.69. The summed E-state index contributed by atoms with van der Waals surface area (Å²) >= 11 is 0. The first-order chi connectivity index (χ1) is 15.6. The first kappa shape index (κ1) is 21.8. The van der Waals surface area contributed by atoms with E-state index in [0.29, 0.717) is 21.8 Å². The molecule has 2 amide bonds. The molecule has 162 valence electrons. The van der Waals surface area contributed by atoms with Gasteiger partial charge in [-0.25, -0.2) is 15.0 Å². The molecule has 4 aromatic rings. The zero-order valence-electron chi connectivity index (χ0n) is 16.7. The SMILES string of the molecule is O=C(N=c1ssc(=Nc2ccc([NH+]([O-])O)cc2)n1-c1ccccc1)NCc1ccccc1. The quantitative estimate of drug-likeness (QED) is 0.312. The number of nitrogens with one attached hydrogen (secondary N) is 2. The fraction of sp³-hybridized carbons (Fsp3) is 0.0455. The van der Waals surface area contributed by atoms with Gasteiger partial charge in [-0.05, 0) is 50.5 Å². The second-order valence-electron chi connectivity index (χ2n) is 6.62. The highest BCUT2D eigenvalue weighted by Gasteiger charge is 2.08. The van der Waals surface area contributed by atoms with E-state index >= 15 is 0 Å². The third-order valence-corrected chi connectivity index (χ3v) is 6.48. The standard InChI is InChI=1S/C22H19N5O3S2/c28-20(23-15-16-7-3-1-4-8-16)25-22-26(18-9-5-2-6-10-18)21(31-32-22)24-17-11-13-19(14-12-17)27(29)30/h1-14,27,29H,15H2,(H,23,28). The smallest absolute Gasteiger partial charge is 0.343 e. The van der Waals surface area contributed by atoms with E-state index in [4.69, 9.17) is 5.21 Å². The van der Waals surface area contributed by atoms with E-state index < -0.39 is 11.3 Å². The highest BCUT2D eigenvalue weighted by Crippen LogP contribution is 2.14. The van der Waals surface area contributed by atoms with Gasteiger partial charge in [0, 0.05) is 18.7 Å². The number of quaternary nitrogens is 1. The maximum absolute atomic E-state index is 12.5. The molecule has 0 spiro atoms. The van der Waals surface area contributed by atoms with Gasteiger partial charge in [-0.15, -0.1) is 0 Å². The highest BCUT2D eigenvalue weighted by molar-refractivity contribution is 7.67. The highest BCUT2D eigenvalue weighted by atomic mass is 32.9. The van der Waals surface area contributed by atoms with Crippen LogP contribution in [0.25, 0.3) is 5.69 Å². The average Bonchev–Trinajstić information content (AvgIpc) is 3.21. The van der Waals surface area contributed by atoms with E-state index in [1.54, 1.807) is 12.1 Å². The summed E-state index contributed by atoms with van der Waals surface area (Å²) in [7, 11) is 2.72. The van der Waals surface area contributed by atoms with Crippen LogP contribution in [0, 0.1) is 5.21 Å². The van der Waals surface area contributed by atoms with Crippen LogP contribution in [0.2, 0.25) is 0 Å². The maximum Gasteiger partial charge on any atom is 0.343 e. The van der Waals surface area contributed by atoms with E-state index in [-0.39, 0.29) is 5.69 Å². The monoisotopic (exact) mass is 465 g/mol. The number of rotatable bonds is 5. The van der Waals surface area contributed by atoms with E-state index in [9.17, 15) is 10.0 Å². The summed E-state index contributed by atoms with van der Waals surface area (Å²) in [5.41, 5.74) is 2.61. The van der Waals surface area contributed by atoms with Crippen LogP contribution in [0.1, 0.15) is 5.56 Å². The van der Waals surface area contributed by atoms with Gasteiger partial charge >= 0.3 is 6.03 Å². The Labute approximate surface area is 190 Å². The van der Waals surface area contributed by atoms with Crippen LogP contribution < -0.4 is 20.1 Å². The predicted molar refractivity (Wildman–Crippen MR) is 123 cm³/mol. The average molecular weight is 466 g/mol. The summed E-state index contributed by atoms with van der Waals surface area (Å²) in [6.45, 7) is 0.385. The van der Waals surface area contributed by atoms with Crippen molar-refractivity contribution < 1.29 is 15.2 Å². The van der Waals surface area contributed by atoms with Crippen molar-refractivity contribution in [3.05, 3.63) is 105 Å². The minimum absolute atomic E-state index is 0.194. The number of nitrogens with zero attached hydrogens (tertiary/aromatic N) is 3. The van der Waals surface area contributed by atoms with Crippen molar-refractivity contribution in [2.75, 3.05) is 0 Å². The van der Waals surface area contributed by atoms with Gasteiger partial charge in [-0.3, -0.25) is 4.57 Å². The molecule has 8 nitrogen and oxygen atoms in total. The number of benzene rings is 3. The molecule has 3 aromatic carbocycles. The fourth-order valence-corrected chi connectivity index (χ4v) is 4.98. The van der Waals surface area contributed by atoms with Gasteiger partial charge in [0.05, 0.1) is 11.4 Å². The minimum Gasteiger partial charge on any atom is -0.595 e. The van der Waals surface area contributed by atoms with Crippen molar-refractivity contribution in [3.63, 3.8) is 0 Å². The van der Waals surface area contributed by atoms with E-state index in [0.717, 1.165) is 11.3 Å². The van der Waals surface area contributed by atoms with Gasteiger partial charge in [0.1, 0.15) is 0 Å². The number of aromatic nitrogens is 1. The molecule has 0 radical (unpaired) electrons. The molecule has 1 heterocycles. The fourth-order valence-electron chi connectivity index (χ4n) is 2.86. The third kappa shape index (κ3) is 5.44. The third-order valence-electron chi connectivity index (χ3n) is 4.41. The number of hydrogen-bond acceptors (Lipinski definition) is 6. The predicted octanol–water partition coefficient (Wildman–Crippen LogP) is 3.05. The van der Waals surface area contributed by atoms with Crippen LogP contribution >= 0.6 is 20.7 Å². The van der Waals surface area contributed by atoms with Crippen LogP contribution in [0.4, 0.5) is 16.2 Å². The van der Waals surface area contributed by atoms with E-state index in [1.807, 2.05) is 65.2 Å². The molecule has 0 saturated carbocycles. The summed E-state index contributed by atoms with van der Waals surface area (Å²) < 4.78 is 1.81. The molecule has 0 saturated heterocycles. The Bertz CT molecular complexity index is 1310. The number of para-hydroxylation sites is 1. The molecule has 0 fully saturated rings.